The number of hydrogen-bond donors (Lipinski definition) is 2. The molecule has 0 aliphatic carbocycles. The largest absolute Gasteiger partial charge is 0.476 e. The Kier molecular flexibility index (Phi) is 2.20. The molecule has 0 atom stereocenters. The molecule has 0 aromatic carbocycles. The third-order valence-corrected chi connectivity index (χ3v) is 1.76. The zero-order valence-corrected chi connectivity index (χ0v) is 7.71. The smallest absolute Gasteiger partial charge is 0.374 e. The fraction of sp³-hybridized carbons (Fsp3) is 0. The van der Waals surface area contributed by atoms with Crippen LogP contribution in [0.25, 0.3) is 11.7 Å². The monoisotopic (exact) mass is 223 g/mol. The summed E-state index contributed by atoms with van der Waals surface area (Å²) >= 11 is 0. The van der Waals surface area contributed by atoms with Crippen molar-refractivity contribution in [3.63, 3.8) is 0 Å². The molecule has 2 aromatic heterocycles. The molecule has 2 N–H and O–H groups in total. The van der Waals surface area contributed by atoms with Crippen LogP contribution in [0.1, 0.15) is 21.0 Å². The van der Waals surface area contributed by atoms with Crippen molar-refractivity contribution in [3.05, 3.63) is 29.9 Å². The molecular weight excluding hydrogens is 218 g/mol. The summed E-state index contributed by atoms with van der Waals surface area (Å²) in [7, 11) is 0. The van der Waals surface area contributed by atoms with Crippen molar-refractivity contribution in [2.24, 2.45) is 0 Å². The Morgan fingerprint density at radius 2 is 2.00 bits per heavy atom. The molecule has 2 heterocycles. The fourth-order valence-electron chi connectivity index (χ4n) is 1.12. The number of carbonyl (C=O) groups is 2. The molecule has 2 rings (SSSR count). The van der Waals surface area contributed by atoms with E-state index in [1.807, 2.05) is 0 Å². The first kappa shape index (κ1) is 9.97. The third kappa shape index (κ3) is 1.54. The molecule has 0 saturated heterocycles. The Balaban J connectivity index is 2.55. The van der Waals surface area contributed by atoms with E-state index in [-0.39, 0.29) is 11.7 Å². The van der Waals surface area contributed by atoms with E-state index in [4.69, 9.17) is 19.0 Å². The van der Waals surface area contributed by atoms with Crippen LogP contribution in [0.2, 0.25) is 0 Å². The molecule has 16 heavy (non-hydrogen) atoms. The molecule has 7 heteroatoms. The molecular formula is C9H5NO6. The van der Waals surface area contributed by atoms with E-state index in [1.54, 1.807) is 6.07 Å². The number of nitrogens with zero attached hydrogens (tertiary/aromatic N) is 1. The van der Waals surface area contributed by atoms with Gasteiger partial charge in [-0.05, 0) is 12.1 Å². The zero-order valence-electron chi connectivity index (χ0n) is 7.71. The van der Waals surface area contributed by atoms with Crippen molar-refractivity contribution in [3.8, 4) is 11.7 Å². The van der Waals surface area contributed by atoms with E-state index in [9.17, 15) is 9.59 Å². The van der Waals surface area contributed by atoms with Crippen molar-refractivity contribution in [1.82, 2.24) is 4.98 Å². The number of rotatable bonds is 3. The summed E-state index contributed by atoms with van der Waals surface area (Å²) in [6, 6.07) is 3.02. The Labute approximate surface area is 87.9 Å². The maximum atomic E-state index is 10.7. The van der Waals surface area contributed by atoms with Crippen molar-refractivity contribution >= 4 is 11.9 Å². The lowest BCUT2D eigenvalue weighted by Crippen LogP contribution is -2.05. The number of carboxylic acids is 2. The molecule has 0 bridgehead atoms. The second-order valence-electron chi connectivity index (χ2n) is 2.78. The van der Waals surface area contributed by atoms with Gasteiger partial charge in [-0.25, -0.2) is 9.59 Å². The van der Waals surface area contributed by atoms with E-state index in [1.165, 1.54) is 12.3 Å². The highest BCUT2D eigenvalue weighted by molar-refractivity contribution is 5.98. The molecule has 0 amide bonds. The average molecular weight is 223 g/mol. The summed E-state index contributed by atoms with van der Waals surface area (Å²) in [5.74, 6) is -3.71. The summed E-state index contributed by atoms with van der Waals surface area (Å²) in [5.41, 5.74) is -0.654. The Hall–Kier alpha value is -2.57. The van der Waals surface area contributed by atoms with E-state index in [0.717, 1.165) is 0 Å². The van der Waals surface area contributed by atoms with Gasteiger partial charge in [-0.3, -0.25) is 0 Å². The topological polar surface area (TPSA) is 114 Å². The van der Waals surface area contributed by atoms with Gasteiger partial charge in [-0.1, -0.05) is 0 Å². The molecule has 7 nitrogen and oxygen atoms in total. The van der Waals surface area contributed by atoms with Gasteiger partial charge < -0.3 is 19.0 Å². The van der Waals surface area contributed by atoms with Gasteiger partial charge in [0.15, 0.2) is 5.76 Å². The standard InChI is InChI=1S/C9H5NO6/c11-8(12)5-6(9(13)14)16-7(10-5)4-2-1-3-15-4/h1-3H,(H,11,12)(H,13,14). The van der Waals surface area contributed by atoms with Gasteiger partial charge in [0.2, 0.25) is 11.5 Å². The van der Waals surface area contributed by atoms with Crippen LogP contribution < -0.4 is 0 Å². The third-order valence-electron chi connectivity index (χ3n) is 1.76. The molecule has 0 aliphatic heterocycles. The first-order chi connectivity index (χ1) is 7.59. The van der Waals surface area contributed by atoms with Crippen LogP contribution in [-0.4, -0.2) is 27.1 Å². The van der Waals surface area contributed by atoms with Gasteiger partial charge in [0.1, 0.15) is 0 Å². The lowest BCUT2D eigenvalue weighted by atomic mass is 10.3. The lowest BCUT2D eigenvalue weighted by molar-refractivity contribution is 0.0624. The Morgan fingerprint density at radius 3 is 2.44 bits per heavy atom. The van der Waals surface area contributed by atoms with Gasteiger partial charge in [-0.15, -0.1) is 0 Å². The normalized spacial score (nSPS) is 10.2. The van der Waals surface area contributed by atoms with Gasteiger partial charge in [-0.2, -0.15) is 4.98 Å². The predicted octanol–water partition coefficient (Wildman–Crippen LogP) is 1.33. The van der Waals surface area contributed by atoms with Crippen LogP contribution in [0.15, 0.2) is 27.2 Å². The number of furan rings is 1. The van der Waals surface area contributed by atoms with Gasteiger partial charge >= 0.3 is 11.9 Å². The van der Waals surface area contributed by atoms with Crippen LogP contribution in [0, 0.1) is 0 Å². The highest BCUT2D eigenvalue weighted by Gasteiger charge is 2.26. The van der Waals surface area contributed by atoms with Crippen molar-refractivity contribution in [1.29, 1.82) is 0 Å². The molecule has 82 valence electrons. The van der Waals surface area contributed by atoms with Gasteiger partial charge in [0.25, 0.3) is 5.89 Å². The van der Waals surface area contributed by atoms with Crippen LogP contribution in [0.4, 0.5) is 0 Å². The second-order valence-corrected chi connectivity index (χ2v) is 2.78. The average Bonchev–Trinajstić information content (AvgIpc) is 2.86. The Bertz CT molecular complexity index is 507. The number of aromatic nitrogens is 1. The maximum absolute atomic E-state index is 10.7. The predicted molar refractivity (Wildman–Crippen MR) is 48.1 cm³/mol. The summed E-state index contributed by atoms with van der Waals surface area (Å²) in [4.78, 5) is 24.9. The first-order valence-corrected chi connectivity index (χ1v) is 4.11. The number of oxazole rings is 1. The molecule has 2 aromatic rings. The first-order valence-electron chi connectivity index (χ1n) is 4.11. The Morgan fingerprint density at radius 1 is 1.25 bits per heavy atom. The SMILES string of the molecule is O=C(O)c1nc(-c2ccco2)oc1C(=O)O. The van der Waals surface area contributed by atoms with Crippen molar-refractivity contribution in [2.75, 3.05) is 0 Å². The van der Waals surface area contributed by atoms with E-state index >= 15 is 0 Å². The van der Waals surface area contributed by atoms with E-state index in [2.05, 4.69) is 4.98 Å². The van der Waals surface area contributed by atoms with Crippen molar-refractivity contribution < 1.29 is 28.6 Å². The molecule has 0 fully saturated rings. The van der Waals surface area contributed by atoms with Crippen LogP contribution in [0.3, 0.4) is 0 Å². The quantitative estimate of drug-likeness (QED) is 0.806. The summed E-state index contributed by atoms with van der Waals surface area (Å²) in [5, 5.41) is 17.4. The molecule has 0 aliphatic rings. The molecule has 0 radical (unpaired) electrons. The van der Waals surface area contributed by atoms with Gasteiger partial charge in [0.05, 0.1) is 6.26 Å². The number of aromatic carboxylic acids is 2. The summed E-state index contributed by atoms with van der Waals surface area (Å²) in [6.45, 7) is 0. The van der Waals surface area contributed by atoms with Crippen LogP contribution >= 0.6 is 0 Å². The van der Waals surface area contributed by atoms with Crippen LogP contribution in [0.5, 0.6) is 0 Å². The minimum Gasteiger partial charge on any atom is -0.476 e. The molecule has 0 saturated carbocycles. The number of hydrogen-bond acceptors (Lipinski definition) is 5. The highest BCUT2D eigenvalue weighted by Crippen LogP contribution is 2.22. The summed E-state index contributed by atoms with van der Waals surface area (Å²) in [6.07, 6.45) is 1.33. The second kappa shape index (κ2) is 3.54. The van der Waals surface area contributed by atoms with E-state index < -0.39 is 23.4 Å². The van der Waals surface area contributed by atoms with Crippen molar-refractivity contribution in [2.45, 2.75) is 0 Å². The lowest BCUT2D eigenvalue weighted by Gasteiger charge is -1.87. The molecule has 0 unspecified atom stereocenters. The zero-order chi connectivity index (χ0) is 11.7. The maximum Gasteiger partial charge on any atom is 0.374 e. The molecule has 0 spiro atoms. The highest BCUT2D eigenvalue weighted by atomic mass is 16.4. The van der Waals surface area contributed by atoms with Crippen LogP contribution in [-0.2, 0) is 0 Å². The minimum atomic E-state index is -1.50. The van der Waals surface area contributed by atoms with Gasteiger partial charge in [0, 0.05) is 0 Å². The summed E-state index contributed by atoms with van der Waals surface area (Å²) < 4.78 is 9.70. The fourth-order valence-corrected chi connectivity index (χ4v) is 1.12. The van der Waals surface area contributed by atoms with E-state index in [0.29, 0.717) is 0 Å². The number of carboxylic acid groups (broad SMARTS) is 2. The minimum absolute atomic E-state index is 0.162.